The summed E-state index contributed by atoms with van der Waals surface area (Å²) in [7, 11) is 0. The van der Waals surface area contributed by atoms with Gasteiger partial charge in [-0.1, -0.05) is 6.07 Å². The van der Waals surface area contributed by atoms with E-state index in [1.165, 1.54) is 0 Å². The Hall–Kier alpha value is -0.580. The topological polar surface area (TPSA) is 42.4 Å². The minimum Gasteiger partial charge on any atom is -0.389 e. The van der Waals surface area contributed by atoms with Crippen LogP contribution in [0, 0.1) is 0 Å². The van der Waals surface area contributed by atoms with E-state index < -0.39 is 6.10 Å². The molecule has 0 saturated carbocycles. The van der Waals surface area contributed by atoms with Gasteiger partial charge in [0.2, 0.25) is 0 Å². The van der Waals surface area contributed by atoms with Crippen LogP contribution >= 0.6 is 11.8 Å². The fraction of sp³-hybridized carbons (Fsp3) is 0.583. The van der Waals surface area contributed by atoms with Crippen molar-refractivity contribution in [2.45, 2.75) is 42.8 Å². The summed E-state index contributed by atoms with van der Waals surface area (Å²) in [6.07, 6.45) is 2.70. The van der Waals surface area contributed by atoms with Crippen LogP contribution in [0.4, 0.5) is 0 Å². The Bertz CT molecular complexity index is 339. The molecule has 2 rings (SSSR count). The molecule has 0 radical (unpaired) electrons. The first-order valence-corrected chi connectivity index (χ1v) is 6.47. The summed E-state index contributed by atoms with van der Waals surface area (Å²) in [4.78, 5) is 4.35. The van der Waals surface area contributed by atoms with Crippen molar-refractivity contribution in [2.75, 3.05) is 6.61 Å². The predicted octanol–water partition coefficient (Wildman–Crippen LogP) is 2.40. The molecule has 1 fully saturated rings. The van der Waals surface area contributed by atoms with Crippen LogP contribution in [0.3, 0.4) is 0 Å². The van der Waals surface area contributed by atoms with Crippen LogP contribution in [0.5, 0.6) is 0 Å². The van der Waals surface area contributed by atoms with E-state index in [-0.39, 0.29) is 0 Å². The number of aliphatic hydroxyl groups is 1. The van der Waals surface area contributed by atoms with E-state index in [1.54, 1.807) is 24.9 Å². The van der Waals surface area contributed by atoms with Crippen molar-refractivity contribution in [2.24, 2.45) is 0 Å². The molecule has 0 spiro atoms. The summed E-state index contributed by atoms with van der Waals surface area (Å²) in [6, 6.07) is 3.90. The second kappa shape index (κ2) is 5.17. The average molecular weight is 239 g/mol. The maximum Gasteiger partial charge on any atom is 0.0963 e. The van der Waals surface area contributed by atoms with Crippen molar-refractivity contribution in [3.05, 3.63) is 23.9 Å². The van der Waals surface area contributed by atoms with Gasteiger partial charge in [-0.3, -0.25) is 0 Å². The molecule has 2 heterocycles. The molecular formula is C12H17NO2S. The van der Waals surface area contributed by atoms with Crippen molar-refractivity contribution in [3.63, 3.8) is 0 Å². The molecule has 1 aromatic rings. The van der Waals surface area contributed by atoms with E-state index >= 15 is 0 Å². The van der Waals surface area contributed by atoms with Crippen LogP contribution in [0.2, 0.25) is 0 Å². The van der Waals surface area contributed by atoms with Gasteiger partial charge in [-0.25, -0.2) is 4.98 Å². The minimum absolute atomic E-state index is 0.309. The molecule has 1 N–H and O–H groups in total. The molecule has 4 heteroatoms. The number of nitrogens with zero attached hydrogens (tertiary/aromatic N) is 1. The highest BCUT2D eigenvalue weighted by Gasteiger charge is 2.25. The molecule has 0 bridgehead atoms. The number of aliphatic hydroxyl groups excluding tert-OH is 1. The molecule has 2 unspecified atom stereocenters. The predicted molar refractivity (Wildman–Crippen MR) is 64.5 cm³/mol. The Kier molecular flexibility index (Phi) is 3.84. The fourth-order valence-corrected chi connectivity index (χ4v) is 2.79. The van der Waals surface area contributed by atoms with Gasteiger partial charge in [-0.05, 0) is 31.9 Å². The number of pyridine rings is 1. The molecule has 1 saturated heterocycles. The molecular weight excluding hydrogens is 222 g/mol. The van der Waals surface area contributed by atoms with Gasteiger partial charge in [0, 0.05) is 18.1 Å². The molecule has 88 valence electrons. The van der Waals surface area contributed by atoms with Crippen molar-refractivity contribution < 1.29 is 9.84 Å². The first-order valence-electron chi connectivity index (χ1n) is 5.59. The second-order valence-corrected chi connectivity index (χ2v) is 5.39. The lowest BCUT2D eigenvalue weighted by Crippen LogP contribution is -2.13. The Morgan fingerprint density at radius 2 is 2.38 bits per heavy atom. The Morgan fingerprint density at radius 3 is 2.88 bits per heavy atom. The van der Waals surface area contributed by atoms with E-state index in [0.717, 1.165) is 23.6 Å². The zero-order chi connectivity index (χ0) is 11.5. The second-order valence-electron chi connectivity index (χ2n) is 4.13. The SMILES string of the molecule is CC1OCCC1Sc1ccc([C@H](C)O)cn1. The molecule has 1 aliphatic heterocycles. The lowest BCUT2D eigenvalue weighted by molar-refractivity contribution is 0.127. The number of aromatic nitrogens is 1. The van der Waals surface area contributed by atoms with E-state index in [9.17, 15) is 5.11 Å². The highest BCUT2D eigenvalue weighted by Crippen LogP contribution is 2.31. The maximum absolute atomic E-state index is 9.37. The smallest absolute Gasteiger partial charge is 0.0963 e. The van der Waals surface area contributed by atoms with Gasteiger partial charge in [-0.15, -0.1) is 11.8 Å². The van der Waals surface area contributed by atoms with Crippen LogP contribution in [0.25, 0.3) is 0 Å². The summed E-state index contributed by atoms with van der Waals surface area (Å²) >= 11 is 1.76. The van der Waals surface area contributed by atoms with Gasteiger partial charge < -0.3 is 9.84 Å². The summed E-state index contributed by atoms with van der Waals surface area (Å²) in [5.41, 5.74) is 0.861. The molecule has 0 aliphatic carbocycles. The maximum atomic E-state index is 9.37. The largest absolute Gasteiger partial charge is 0.389 e. The summed E-state index contributed by atoms with van der Waals surface area (Å²) in [5, 5.41) is 10.9. The van der Waals surface area contributed by atoms with Crippen molar-refractivity contribution in [1.82, 2.24) is 4.98 Å². The standard InChI is InChI=1S/C12H17NO2S/c1-8(14)10-3-4-12(13-7-10)16-11-5-6-15-9(11)2/h3-4,7-9,11,14H,5-6H2,1-2H3/t8-,9?,11?/m0/s1. The van der Waals surface area contributed by atoms with Crippen LogP contribution < -0.4 is 0 Å². The van der Waals surface area contributed by atoms with E-state index in [4.69, 9.17) is 4.74 Å². The third-order valence-electron chi connectivity index (χ3n) is 2.82. The molecule has 1 aliphatic rings. The van der Waals surface area contributed by atoms with E-state index in [0.29, 0.717) is 11.4 Å². The molecule has 1 aromatic heterocycles. The first-order chi connectivity index (χ1) is 7.66. The molecule has 16 heavy (non-hydrogen) atoms. The monoisotopic (exact) mass is 239 g/mol. The lowest BCUT2D eigenvalue weighted by Gasteiger charge is -2.13. The van der Waals surface area contributed by atoms with Crippen LogP contribution in [-0.2, 0) is 4.74 Å². The van der Waals surface area contributed by atoms with E-state index in [2.05, 4.69) is 11.9 Å². The van der Waals surface area contributed by atoms with Gasteiger partial charge in [0.15, 0.2) is 0 Å². The summed E-state index contributed by atoms with van der Waals surface area (Å²) < 4.78 is 5.51. The molecule has 0 aromatic carbocycles. The van der Waals surface area contributed by atoms with Gasteiger partial charge in [0.05, 0.1) is 17.2 Å². The highest BCUT2D eigenvalue weighted by atomic mass is 32.2. The zero-order valence-electron chi connectivity index (χ0n) is 9.59. The van der Waals surface area contributed by atoms with Gasteiger partial charge in [0.1, 0.15) is 0 Å². The lowest BCUT2D eigenvalue weighted by atomic mass is 10.2. The Labute approximate surface area is 100 Å². The number of hydrogen-bond donors (Lipinski definition) is 1. The van der Waals surface area contributed by atoms with Crippen molar-refractivity contribution in [3.8, 4) is 0 Å². The number of ether oxygens (including phenoxy) is 1. The normalized spacial score (nSPS) is 26.9. The third-order valence-corrected chi connectivity index (χ3v) is 4.23. The number of thioether (sulfide) groups is 1. The number of hydrogen-bond acceptors (Lipinski definition) is 4. The average Bonchev–Trinajstić information content (AvgIpc) is 2.65. The van der Waals surface area contributed by atoms with Gasteiger partial charge in [0.25, 0.3) is 0 Å². The highest BCUT2D eigenvalue weighted by molar-refractivity contribution is 7.99. The minimum atomic E-state index is -0.444. The van der Waals surface area contributed by atoms with Gasteiger partial charge in [-0.2, -0.15) is 0 Å². The zero-order valence-corrected chi connectivity index (χ0v) is 10.4. The molecule has 0 amide bonds. The first kappa shape index (κ1) is 11.9. The summed E-state index contributed by atoms with van der Waals surface area (Å²) in [5.74, 6) is 0. The molecule has 3 atom stereocenters. The number of rotatable bonds is 3. The Morgan fingerprint density at radius 1 is 1.56 bits per heavy atom. The fourth-order valence-electron chi connectivity index (χ4n) is 1.73. The van der Waals surface area contributed by atoms with Gasteiger partial charge >= 0.3 is 0 Å². The van der Waals surface area contributed by atoms with Crippen LogP contribution in [0.15, 0.2) is 23.4 Å². The van der Waals surface area contributed by atoms with E-state index in [1.807, 2.05) is 12.1 Å². The van der Waals surface area contributed by atoms with Crippen molar-refractivity contribution in [1.29, 1.82) is 0 Å². The van der Waals surface area contributed by atoms with Crippen molar-refractivity contribution >= 4 is 11.8 Å². The molecule has 3 nitrogen and oxygen atoms in total. The third kappa shape index (κ3) is 2.75. The Balaban J connectivity index is 1.99. The van der Waals surface area contributed by atoms with Crippen LogP contribution in [0.1, 0.15) is 31.9 Å². The van der Waals surface area contributed by atoms with Crippen LogP contribution in [-0.4, -0.2) is 28.1 Å². The quantitative estimate of drug-likeness (QED) is 0.879. The summed E-state index contributed by atoms with van der Waals surface area (Å²) in [6.45, 7) is 4.70.